The van der Waals surface area contributed by atoms with Crippen molar-refractivity contribution in [3.05, 3.63) is 6.42 Å². The van der Waals surface area contributed by atoms with Crippen molar-refractivity contribution in [2.24, 2.45) is 11.8 Å². The Kier molecular flexibility index (Phi) is 4.84. The van der Waals surface area contributed by atoms with Crippen LogP contribution in [-0.4, -0.2) is 0 Å². The SMILES string of the molecule is CC(C)C[CH]CC(C)C. The van der Waals surface area contributed by atoms with E-state index in [1.54, 1.807) is 0 Å². The zero-order valence-electron chi connectivity index (χ0n) is 7.15. The van der Waals surface area contributed by atoms with Gasteiger partial charge in [-0.25, -0.2) is 0 Å². The molecule has 0 aliphatic carbocycles. The standard InChI is InChI=1S/C9H19/c1-8(2)6-5-7-9(3)4/h5,8-9H,6-7H2,1-4H3. The normalized spacial score (nSPS) is 11.3. The molecule has 0 aliphatic heterocycles. The third kappa shape index (κ3) is 8.00. The van der Waals surface area contributed by atoms with Crippen LogP contribution >= 0.6 is 0 Å². The molecule has 0 nitrogen and oxygen atoms in total. The lowest BCUT2D eigenvalue weighted by molar-refractivity contribution is 0.565. The monoisotopic (exact) mass is 127 g/mol. The van der Waals surface area contributed by atoms with E-state index in [4.69, 9.17) is 0 Å². The lowest BCUT2D eigenvalue weighted by Crippen LogP contribution is -1.91. The molecule has 0 aromatic carbocycles. The smallest absolute Gasteiger partial charge is 0.0381 e. The van der Waals surface area contributed by atoms with Crippen molar-refractivity contribution in [1.29, 1.82) is 0 Å². The first-order valence-corrected chi connectivity index (χ1v) is 3.94. The molecule has 0 aromatic rings. The van der Waals surface area contributed by atoms with Gasteiger partial charge in [0.1, 0.15) is 0 Å². The molecule has 1 radical (unpaired) electrons. The van der Waals surface area contributed by atoms with E-state index in [0.717, 1.165) is 11.8 Å². The maximum Gasteiger partial charge on any atom is -0.0381 e. The molecule has 0 rings (SSSR count). The molecule has 55 valence electrons. The maximum atomic E-state index is 2.40. The lowest BCUT2D eigenvalue weighted by atomic mass is 10.0. The quantitative estimate of drug-likeness (QED) is 0.543. The van der Waals surface area contributed by atoms with Crippen LogP contribution in [-0.2, 0) is 0 Å². The van der Waals surface area contributed by atoms with Crippen molar-refractivity contribution in [2.45, 2.75) is 40.5 Å². The Bertz CT molecular complexity index is 45.1. The minimum Gasteiger partial charge on any atom is -0.0628 e. The van der Waals surface area contributed by atoms with Crippen LogP contribution < -0.4 is 0 Å². The summed E-state index contributed by atoms with van der Waals surface area (Å²) in [7, 11) is 0. The van der Waals surface area contributed by atoms with Crippen molar-refractivity contribution < 1.29 is 0 Å². The highest BCUT2D eigenvalue weighted by atomic mass is 14.0. The number of rotatable bonds is 4. The molecule has 0 saturated heterocycles. The first kappa shape index (κ1) is 9.00. The predicted octanol–water partition coefficient (Wildman–Crippen LogP) is 3.28. The number of hydrogen-bond donors (Lipinski definition) is 0. The van der Waals surface area contributed by atoms with Crippen molar-refractivity contribution in [3.8, 4) is 0 Å². The van der Waals surface area contributed by atoms with Crippen LogP contribution in [0.15, 0.2) is 0 Å². The fraction of sp³-hybridized carbons (Fsp3) is 0.889. The first-order valence-electron chi connectivity index (χ1n) is 3.94. The predicted molar refractivity (Wildman–Crippen MR) is 43.2 cm³/mol. The van der Waals surface area contributed by atoms with E-state index < -0.39 is 0 Å². The van der Waals surface area contributed by atoms with Gasteiger partial charge in [-0.1, -0.05) is 27.7 Å². The van der Waals surface area contributed by atoms with E-state index in [1.807, 2.05) is 0 Å². The molecule has 0 aromatic heterocycles. The zero-order valence-corrected chi connectivity index (χ0v) is 7.15. The van der Waals surface area contributed by atoms with Gasteiger partial charge in [0.25, 0.3) is 0 Å². The Balaban J connectivity index is 2.91. The van der Waals surface area contributed by atoms with E-state index in [1.165, 1.54) is 12.8 Å². The molecule has 0 amide bonds. The van der Waals surface area contributed by atoms with Gasteiger partial charge in [0.15, 0.2) is 0 Å². The van der Waals surface area contributed by atoms with Crippen LogP contribution in [0.2, 0.25) is 0 Å². The first-order chi connectivity index (χ1) is 4.13. The van der Waals surface area contributed by atoms with E-state index in [9.17, 15) is 0 Å². The van der Waals surface area contributed by atoms with Crippen molar-refractivity contribution in [2.75, 3.05) is 0 Å². The van der Waals surface area contributed by atoms with E-state index in [2.05, 4.69) is 34.1 Å². The van der Waals surface area contributed by atoms with Gasteiger partial charge < -0.3 is 0 Å². The molecule has 0 heterocycles. The molecule has 0 spiro atoms. The molecule has 0 bridgehead atoms. The average Bonchev–Trinajstić information content (AvgIpc) is 1.63. The van der Waals surface area contributed by atoms with Crippen molar-refractivity contribution in [1.82, 2.24) is 0 Å². The second-order valence-electron chi connectivity index (χ2n) is 3.55. The average molecular weight is 127 g/mol. The minimum atomic E-state index is 0.837. The van der Waals surface area contributed by atoms with Gasteiger partial charge in [-0.05, 0) is 31.1 Å². The molecular formula is C9H19. The van der Waals surface area contributed by atoms with Crippen molar-refractivity contribution in [3.63, 3.8) is 0 Å². The fourth-order valence-corrected chi connectivity index (χ4v) is 0.763. The lowest BCUT2D eigenvalue weighted by Gasteiger charge is -2.05. The molecule has 9 heavy (non-hydrogen) atoms. The Morgan fingerprint density at radius 2 is 1.22 bits per heavy atom. The Morgan fingerprint density at radius 3 is 1.44 bits per heavy atom. The molecule has 0 N–H and O–H groups in total. The third-order valence-electron chi connectivity index (χ3n) is 1.28. The van der Waals surface area contributed by atoms with E-state index >= 15 is 0 Å². The summed E-state index contributed by atoms with van der Waals surface area (Å²) in [5, 5.41) is 0. The topological polar surface area (TPSA) is 0 Å². The Hall–Kier alpha value is 0. The van der Waals surface area contributed by atoms with E-state index in [-0.39, 0.29) is 0 Å². The van der Waals surface area contributed by atoms with Gasteiger partial charge in [-0.3, -0.25) is 0 Å². The summed E-state index contributed by atoms with van der Waals surface area (Å²) in [6.45, 7) is 9.04. The number of hydrogen-bond acceptors (Lipinski definition) is 0. The molecule has 0 atom stereocenters. The summed E-state index contributed by atoms with van der Waals surface area (Å²) in [4.78, 5) is 0. The highest BCUT2D eigenvalue weighted by Gasteiger charge is 1.96. The van der Waals surface area contributed by atoms with Gasteiger partial charge in [-0.15, -0.1) is 0 Å². The molecule has 0 aliphatic rings. The summed E-state index contributed by atoms with van der Waals surface area (Å²) in [5.41, 5.74) is 0. The fourth-order valence-electron chi connectivity index (χ4n) is 0.763. The van der Waals surface area contributed by atoms with Gasteiger partial charge in [0, 0.05) is 0 Å². The Morgan fingerprint density at radius 1 is 0.889 bits per heavy atom. The second kappa shape index (κ2) is 4.84. The second-order valence-corrected chi connectivity index (χ2v) is 3.55. The zero-order chi connectivity index (χ0) is 7.28. The van der Waals surface area contributed by atoms with Crippen LogP contribution in [0.3, 0.4) is 0 Å². The third-order valence-corrected chi connectivity index (χ3v) is 1.28. The van der Waals surface area contributed by atoms with Gasteiger partial charge >= 0.3 is 0 Å². The maximum absolute atomic E-state index is 2.40. The van der Waals surface area contributed by atoms with Crippen LogP contribution in [0, 0.1) is 18.3 Å². The summed E-state index contributed by atoms with van der Waals surface area (Å²) in [6.07, 6.45) is 4.95. The highest BCUT2D eigenvalue weighted by molar-refractivity contribution is 4.67. The molecule has 0 unspecified atom stereocenters. The van der Waals surface area contributed by atoms with Gasteiger partial charge in [0.05, 0.1) is 0 Å². The summed E-state index contributed by atoms with van der Waals surface area (Å²) >= 11 is 0. The largest absolute Gasteiger partial charge is 0.0628 e. The van der Waals surface area contributed by atoms with Crippen LogP contribution in [0.25, 0.3) is 0 Å². The van der Waals surface area contributed by atoms with E-state index in [0.29, 0.717) is 0 Å². The van der Waals surface area contributed by atoms with Crippen LogP contribution in [0.4, 0.5) is 0 Å². The summed E-state index contributed by atoms with van der Waals surface area (Å²) in [6, 6.07) is 0. The molecule has 0 fully saturated rings. The Labute approximate surface area is 59.7 Å². The minimum absolute atomic E-state index is 0.837. The van der Waals surface area contributed by atoms with Crippen LogP contribution in [0.1, 0.15) is 40.5 Å². The molecule has 0 saturated carbocycles. The van der Waals surface area contributed by atoms with Gasteiger partial charge in [0.2, 0.25) is 0 Å². The highest BCUT2D eigenvalue weighted by Crippen LogP contribution is 2.09. The van der Waals surface area contributed by atoms with Gasteiger partial charge in [-0.2, -0.15) is 0 Å². The van der Waals surface area contributed by atoms with Crippen molar-refractivity contribution >= 4 is 0 Å². The summed E-state index contributed by atoms with van der Waals surface area (Å²) in [5.74, 6) is 1.67. The molecular weight excluding hydrogens is 108 g/mol. The summed E-state index contributed by atoms with van der Waals surface area (Å²) < 4.78 is 0. The molecule has 0 heteroatoms. The van der Waals surface area contributed by atoms with Crippen LogP contribution in [0.5, 0.6) is 0 Å².